The average molecular weight is 280 g/mol. The van der Waals surface area contributed by atoms with Crippen molar-refractivity contribution in [2.24, 2.45) is 11.7 Å². The van der Waals surface area contributed by atoms with E-state index in [-0.39, 0.29) is 5.91 Å². The zero-order valence-corrected chi connectivity index (χ0v) is 12.2. The van der Waals surface area contributed by atoms with E-state index in [1.807, 2.05) is 0 Å². The van der Waals surface area contributed by atoms with Crippen LogP contribution in [0.5, 0.6) is 0 Å². The first-order chi connectivity index (χ1) is 9.02. The fraction of sp³-hybridized carbons (Fsp3) is 0.571. The molecule has 0 radical (unpaired) electrons. The van der Waals surface area contributed by atoms with E-state index in [0.29, 0.717) is 16.5 Å². The molecule has 1 aromatic rings. The molecule has 1 atom stereocenters. The summed E-state index contributed by atoms with van der Waals surface area (Å²) < 4.78 is 0. The molecule has 0 spiro atoms. The molecule has 0 saturated heterocycles. The Morgan fingerprint density at radius 3 is 2.79 bits per heavy atom. The highest BCUT2D eigenvalue weighted by molar-refractivity contribution is 7.17. The molecule has 0 unspecified atom stereocenters. The van der Waals surface area contributed by atoms with Crippen LogP contribution >= 0.6 is 11.3 Å². The molecule has 0 fully saturated rings. The maximum absolute atomic E-state index is 11.6. The summed E-state index contributed by atoms with van der Waals surface area (Å²) in [7, 11) is 0. The monoisotopic (exact) mass is 280 g/mol. The maximum Gasteiger partial charge on any atom is 0.251 e. The Kier molecular flexibility index (Phi) is 4.24. The van der Waals surface area contributed by atoms with Crippen LogP contribution in [0.15, 0.2) is 0 Å². The summed E-state index contributed by atoms with van der Waals surface area (Å²) in [6.07, 6.45) is 5.42. The number of carbonyl (C=O) groups is 2. The third-order valence-corrected chi connectivity index (χ3v) is 4.77. The van der Waals surface area contributed by atoms with Crippen LogP contribution in [-0.4, -0.2) is 11.8 Å². The molecule has 1 aromatic heterocycles. The topological polar surface area (TPSA) is 72.2 Å². The molecular formula is C14H20N2O2S. The lowest BCUT2D eigenvalue weighted by Crippen LogP contribution is -2.19. The van der Waals surface area contributed by atoms with Crippen molar-refractivity contribution >= 4 is 28.2 Å². The van der Waals surface area contributed by atoms with Crippen LogP contribution in [0, 0.1) is 5.92 Å². The molecule has 1 aliphatic carbocycles. The van der Waals surface area contributed by atoms with Crippen LogP contribution in [0.2, 0.25) is 0 Å². The highest BCUT2D eigenvalue weighted by Crippen LogP contribution is 2.40. The van der Waals surface area contributed by atoms with Gasteiger partial charge in [0.2, 0.25) is 5.91 Å². The lowest BCUT2D eigenvalue weighted by Gasteiger charge is -2.21. The van der Waals surface area contributed by atoms with Crippen molar-refractivity contribution < 1.29 is 9.59 Å². The number of fused-ring (bicyclic) bond motifs is 1. The summed E-state index contributed by atoms with van der Waals surface area (Å²) in [6.45, 7) is 3.64. The molecule has 104 valence electrons. The number of nitrogens with one attached hydrogen (secondary N) is 1. The summed E-state index contributed by atoms with van der Waals surface area (Å²) >= 11 is 1.52. The van der Waals surface area contributed by atoms with Gasteiger partial charge in [0.05, 0.1) is 5.56 Å². The number of hydrogen-bond donors (Lipinski definition) is 2. The second-order valence-electron chi connectivity index (χ2n) is 5.15. The van der Waals surface area contributed by atoms with Gasteiger partial charge in [-0.1, -0.05) is 19.8 Å². The number of anilines is 1. The second-order valence-corrected chi connectivity index (χ2v) is 6.26. The molecule has 19 heavy (non-hydrogen) atoms. The van der Waals surface area contributed by atoms with E-state index >= 15 is 0 Å². The van der Waals surface area contributed by atoms with Gasteiger partial charge < -0.3 is 11.1 Å². The summed E-state index contributed by atoms with van der Waals surface area (Å²) in [5.41, 5.74) is 7.06. The highest BCUT2D eigenvalue weighted by Gasteiger charge is 2.27. The molecule has 4 nitrogen and oxygen atoms in total. The summed E-state index contributed by atoms with van der Waals surface area (Å²) in [6, 6.07) is 0. The Hall–Kier alpha value is -1.36. The van der Waals surface area contributed by atoms with E-state index in [4.69, 9.17) is 5.73 Å². The number of rotatable bonds is 4. The fourth-order valence-electron chi connectivity index (χ4n) is 2.82. The van der Waals surface area contributed by atoms with Crippen LogP contribution < -0.4 is 11.1 Å². The van der Waals surface area contributed by atoms with E-state index in [1.54, 1.807) is 0 Å². The van der Waals surface area contributed by atoms with Crippen molar-refractivity contribution in [2.75, 3.05) is 5.32 Å². The Balaban J connectivity index is 2.33. The van der Waals surface area contributed by atoms with Gasteiger partial charge in [0.25, 0.3) is 5.91 Å². The Morgan fingerprint density at radius 2 is 2.21 bits per heavy atom. The fourth-order valence-corrected chi connectivity index (χ4v) is 4.23. The molecule has 3 N–H and O–H groups in total. The number of nitrogens with two attached hydrogens (primary N) is 1. The van der Waals surface area contributed by atoms with Crippen molar-refractivity contribution in [3.05, 3.63) is 16.0 Å². The highest BCUT2D eigenvalue weighted by atomic mass is 32.1. The lowest BCUT2D eigenvalue weighted by atomic mass is 9.84. The van der Waals surface area contributed by atoms with Crippen molar-refractivity contribution in [1.29, 1.82) is 0 Å². The van der Waals surface area contributed by atoms with Gasteiger partial charge in [-0.25, -0.2) is 0 Å². The zero-order valence-electron chi connectivity index (χ0n) is 11.4. The van der Waals surface area contributed by atoms with Gasteiger partial charge in [0, 0.05) is 11.8 Å². The molecular weight excluding hydrogens is 260 g/mol. The van der Waals surface area contributed by atoms with Gasteiger partial charge in [-0.3, -0.25) is 9.59 Å². The average Bonchev–Trinajstić information content (AvgIpc) is 2.65. The normalized spacial score (nSPS) is 17.9. The molecule has 1 heterocycles. The molecule has 1 aliphatic rings. The van der Waals surface area contributed by atoms with Crippen LogP contribution in [-0.2, 0) is 17.6 Å². The largest absolute Gasteiger partial charge is 0.365 e. The summed E-state index contributed by atoms with van der Waals surface area (Å²) in [5.74, 6) is 0.100. The van der Waals surface area contributed by atoms with Crippen LogP contribution in [0.3, 0.4) is 0 Å². The third kappa shape index (κ3) is 2.97. The van der Waals surface area contributed by atoms with Gasteiger partial charge in [0.1, 0.15) is 5.00 Å². The van der Waals surface area contributed by atoms with E-state index in [0.717, 1.165) is 24.8 Å². The van der Waals surface area contributed by atoms with Crippen LogP contribution in [0.25, 0.3) is 0 Å². The quantitative estimate of drug-likeness (QED) is 0.890. The third-order valence-electron chi connectivity index (χ3n) is 3.60. The van der Waals surface area contributed by atoms with E-state index < -0.39 is 5.91 Å². The predicted molar refractivity (Wildman–Crippen MR) is 77.6 cm³/mol. The first-order valence-electron chi connectivity index (χ1n) is 6.74. The Morgan fingerprint density at radius 1 is 1.47 bits per heavy atom. The van der Waals surface area contributed by atoms with Gasteiger partial charge in [0.15, 0.2) is 0 Å². The number of amides is 2. The van der Waals surface area contributed by atoms with Crippen molar-refractivity contribution in [3.8, 4) is 0 Å². The van der Waals surface area contributed by atoms with Crippen molar-refractivity contribution in [2.45, 2.75) is 46.0 Å². The SMILES string of the molecule is CCC[C@@H]1CCc2c(sc(NC(C)=O)c2C(N)=O)C1. The zero-order chi connectivity index (χ0) is 14.0. The number of hydrogen-bond acceptors (Lipinski definition) is 3. The minimum absolute atomic E-state index is 0.161. The number of thiophene rings is 1. The Labute approximate surface area is 117 Å². The molecule has 0 aliphatic heterocycles. The molecule has 2 rings (SSSR count). The van der Waals surface area contributed by atoms with Crippen LogP contribution in [0.4, 0.5) is 5.00 Å². The molecule has 0 aromatic carbocycles. The van der Waals surface area contributed by atoms with Gasteiger partial charge in [-0.15, -0.1) is 11.3 Å². The van der Waals surface area contributed by atoms with E-state index in [2.05, 4.69) is 12.2 Å². The molecule has 2 amide bonds. The number of carbonyl (C=O) groups excluding carboxylic acids is 2. The van der Waals surface area contributed by atoms with Gasteiger partial charge >= 0.3 is 0 Å². The maximum atomic E-state index is 11.6. The van der Waals surface area contributed by atoms with Gasteiger partial charge in [-0.05, 0) is 30.7 Å². The molecule has 5 heteroatoms. The standard InChI is InChI=1S/C14H20N2O2S/c1-3-4-9-5-6-10-11(7-9)19-14(16-8(2)17)12(10)13(15)18/h9H,3-7H2,1-2H3,(H2,15,18)(H,16,17)/t9-/m1/s1. The summed E-state index contributed by atoms with van der Waals surface area (Å²) in [5, 5.41) is 3.36. The number of primary amides is 1. The first kappa shape index (κ1) is 14.1. The summed E-state index contributed by atoms with van der Waals surface area (Å²) in [4.78, 5) is 24.1. The van der Waals surface area contributed by atoms with E-state index in [9.17, 15) is 9.59 Å². The predicted octanol–water partition coefficient (Wildman–Crippen LogP) is 2.71. The van der Waals surface area contributed by atoms with Gasteiger partial charge in [-0.2, -0.15) is 0 Å². The minimum Gasteiger partial charge on any atom is -0.365 e. The van der Waals surface area contributed by atoms with E-state index in [1.165, 1.54) is 36.0 Å². The second kappa shape index (κ2) is 5.74. The first-order valence-corrected chi connectivity index (χ1v) is 7.56. The minimum atomic E-state index is -0.435. The Bertz CT molecular complexity index is 508. The van der Waals surface area contributed by atoms with Crippen molar-refractivity contribution in [3.63, 3.8) is 0 Å². The van der Waals surface area contributed by atoms with Crippen molar-refractivity contribution in [1.82, 2.24) is 0 Å². The molecule has 0 saturated carbocycles. The smallest absolute Gasteiger partial charge is 0.251 e. The molecule has 0 bridgehead atoms. The lowest BCUT2D eigenvalue weighted by molar-refractivity contribution is -0.114. The van der Waals surface area contributed by atoms with Crippen LogP contribution in [0.1, 0.15) is 53.9 Å².